The zero-order valence-corrected chi connectivity index (χ0v) is 29.0. The van der Waals surface area contributed by atoms with Crippen molar-refractivity contribution in [2.45, 2.75) is 83.5 Å². The van der Waals surface area contributed by atoms with Gasteiger partial charge in [0, 0.05) is 17.8 Å². The topological polar surface area (TPSA) is 38.7 Å². The molecule has 3 heteroatoms. The number of hydrogen-bond acceptors (Lipinski definition) is 3. The molecule has 7 rings (SSSR count). The molecule has 246 valence electrons. The number of rotatable bonds is 14. The molecule has 0 atom stereocenters. The number of benzene rings is 3. The van der Waals surface area contributed by atoms with Crippen molar-refractivity contribution >= 4 is 0 Å². The lowest BCUT2D eigenvalue weighted by atomic mass is 9.70. The summed E-state index contributed by atoms with van der Waals surface area (Å²) in [6.07, 6.45) is 16.4. The van der Waals surface area contributed by atoms with E-state index in [-0.39, 0.29) is 5.41 Å². The average Bonchev–Trinajstić information content (AvgIpc) is 3.44. The van der Waals surface area contributed by atoms with E-state index in [1.165, 1.54) is 92.0 Å². The zero-order chi connectivity index (χ0) is 33.5. The number of hydrogen-bond donors (Lipinski definition) is 0. The van der Waals surface area contributed by atoms with Crippen molar-refractivity contribution in [1.82, 2.24) is 15.0 Å². The van der Waals surface area contributed by atoms with E-state index >= 15 is 0 Å². The molecule has 1 aliphatic carbocycles. The van der Waals surface area contributed by atoms with Gasteiger partial charge in [-0.25, -0.2) is 4.98 Å². The molecule has 49 heavy (non-hydrogen) atoms. The maximum Gasteiger partial charge on any atom is 0.0900 e. The van der Waals surface area contributed by atoms with Crippen LogP contribution in [0.1, 0.15) is 89.2 Å². The highest BCUT2D eigenvalue weighted by Crippen LogP contribution is 2.55. The van der Waals surface area contributed by atoms with Gasteiger partial charge in [-0.3, -0.25) is 9.97 Å². The minimum atomic E-state index is 0.0874. The molecule has 0 spiro atoms. The Hall–Kier alpha value is -4.89. The average molecular weight is 642 g/mol. The summed E-state index contributed by atoms with van der Waals surface area (Å²) in [4.78, 5) is 14.2. The largest absolute Gasteiger partial charge is 0.255 e. The van der Waals surface area contributed by atoms with Gasteiger partial charge in [0.2, 0.25) is 0 Å². The predicted molar refractivity (Wildman–Crippen MR) is 205 cm³/mol. The summed E-state index contributed by atoms with van der Waals surface area (Å²) in [7, 11) is 0. The second kappa shape index (κ2) is 15.1. The monoisotopic (exact) mass is 641 g/mol. The number of aromatic nitrogens is 3. The minimum Gasteiger partial charge on any atom is -0.255 e. The summed E-state index contributed by atoms with van der Waals surface area (Å²) < 4.78 is 0. The molecule has 3 aromatic heterocycles. The van der Waals surface area contributed by atoms with E-state index in [2.05, 4.69) is 103 Å². The lowest BCUT2D eigenvalue weighted by Gasteiger charge is -2.33. The first-order valence-corrected chi connectivity index (χ1v) is 18.4. The van der Waals surface area contributed by atoms with Crippen molar-refractivity contribution < 1.29 is 0 Å². The Balaban J connectivity index is 1.25. The summed E-state index contributed by atoms with van der Waals surface area (Å²) in [6.45, 7) is 4.62. The highest BCUT2D eigenvalue weighted by Gasteiger charge is 2.42. The van der Waals surface area contributed by atoms with Gasteiger partial charge in [-0.1, -0.05) is 138 Å². The first-order chi connectivity index (χ1) is 24.2. The predicted octanol–water partition coefficient (Wildman–Crippen LogP) is 12.7. The van der Waals surface area contributed by atoms with Gasteiger partial charge in [-0.05, 0) is 99.8 Å². The van der Waals surface area contributed by atoms with E-state index in [1.807, 2.05) is 48.8 Å². The third kappa shape index (κ3) is 6.85. The SMILES string of the molecule is CCCCCCC1(CCCCCC)c2ccccc2-c2ccc(-c3ccc(-c4cc(-c5ccccn5)nc(-c5ccccn5)c4)cc3)cc21. The van der Waals surface area contributed by atoms with Crippen molar-refractivity contribution in [3.8, 4) is 56.2 Å². The molecule has 1 aliphatic rings. The molecule has 3 nitrogen and oxygen atoms in total. The van der Waals surface area contributed by atoms with Crippen molar-refractivity contribution in [3.63, 3.8) is 0 Å². The van der Waals surface area contributed by atoms with Crippen LogP contribution in [0.25, 0.3) is 56.2 Å². The Kier molecular flexibility index (Phi) is 10.1. The third-order valence-corrected chi connectivity index (χ3v) is 10.4. The summed E-state index contributed by atoms with van der Waals surface area (Å²) in [6, 6.07) is 41.8. The van der Waals surface area contributed by atoms with E-state index in [4.69, 9.17) is 4.98 Å². The maximum absolute atomic E-state index is 4.97. The van der Waals surface area contributed by atoms with Crippen LogP contribution in [-0.4, -0.2) is 15.0 Å². The van der Waals surface area contributed by atoms with E-state index < -0.39 is 0 Å². The van der Waals surface area contributed by atoms with Gasteiger partial charge < -0.3 is 0 Å². The van der Waals surface area contributed by atoms with Crippen LogP contribution in [0.15, 0.2) is 128 Å². The Morgan fingerprint density at radius 2 is 0.959 bits per heavy atom. The van der Waals surface area contributed by atoms with E-state index in [0.717, 1.165) is 33.9 Å². The fourth-order valence-electron chi connectivity index (χ4n) is 7.85. The van der Waals surface area contributed by atoms with Crippen molar-refractivity contribution in [2.75, 3.05) is 0 Å². The number of nitrogens with zero attached hydrogens (tertiary/aromatic N) is 3. The molecule has 3 aromatic carbocycles. The second-order valence-corrected chi connectivity index (χ2v) is 13.6. The zero-order valence-electron chi connectivity index (χ0n) is 29.0. The van der Waals surface area contributed by atoms with Crippen LogP contribution in [0, 0.1) is 0 Å². The Bertz CT molecular complexity index is 1910. The standard InChI is InChI=1S/C46H47N3/c1-3-5-7-13-27-46(28-14-8-6-4-2)40-18-10-9-17-38(40)39-26-25-36(31-41(39)46)34-21-23-35(24-22-34)37-32-44(42-19-11-15-29-47-42)49-45(33-37)43-20-12-16-30-48-43/h9-12,15-26,29-33H,3-8,13-14,27-28H2,1-2H3. The molecule has 0 saturated carbocycles. The molecular weight excluding hydrogens is 595 g/mol. The number of pyridine rings is 3. The van der Waals surface area contributed by atoms with Crippen LogP contribution in [0.2, 0.25) is 0 Å². The van der Waals surface area contributed by atoms with Crippen LogP contribution in [0.5, 0.6) is 0 Å². The molecular formula is C46H47N3. The lowest BCUT2D eigenvalue weighted by Crippen LogP contribution is -2.25. The molecule has 0 aliphatic heterocycles. The summed E-state index contributed by atoms with van der Waals surface area (Å²) in [5.41, 5.74) is 14.2. The molecule has 0 N–H and O–H groups in total. The summed E-state index contributed by atoms with van der Waals surface area (Å²) in [5.74, 6) is 0. The Labute approximate surface area is 292 Å². The highest BCUT2D eigenvalue weighted by molar-refractivity contribution is 5.84. The second-order valence-electron chi connectivity index (χ2n) is 13.6. The van der Waals surface area contributed by atoms with Crippen molar-refractivity contribution in [3.05, 3.63) is 139 Å². The third-order valence-electron chi connectivity index (χ3n) is 10.4. The Morgan fingerprint density at radius 1 is 0.429 bits per heavy atom. The first kappa shape index (κ1) is 32.6. The summed E-state index contributed by atoms with van der Waals surface area (Å²) in [5, 5.41) is 0. The van der Waals surface area contributed by atoms with Crippen molar-refractivity contribution in [1.29, 1.82) is 0 Å². The van der Waals surface area contributed by atoms with Gasteiger partial charge in [0.15, 0.2) is 0 Å². The van der Waals surface area contributed by atoms with Gasteiger partial charge in [0.25, 0.3) is 0 Å². The quantitative estimate of drug-likeness (QED) is 0.111. The van der Waals surface area contributed by atoms with Gasteiger partial charge in [0.1, 0.15) is 0 Å². The molecule has 3 heterocycles. The first-order valence-electron chi connectivity index (χ1n) is 18.4. The van der Waals surface area contributed by atoms with Crippen LogP contribution in [-0.2, 0) is 5.41 Å². The molecule has 0 amide bonds. The number of fused-ring (bicyclic) bond motifs is 3. The van der Waals surface area contributed by atoms with Crippen LogP contribution in [0.3, 0.4) is 0 Å². The maximum atomic E-state index is 4.97. The van der Waals surface area contributed by atoms with Gasteiger partial charge in [-0.2, -0.15) is 0 Å². The molecule has 6 aromatic rings. The molecule has 0 radical (unpaired) electrons. The summed E-state index contributed by atoms with van der Waals surface area (Å²) >= 11 is 0. The van der Waals surface area contributed by atoms with E-state index in [9.17, 15) is 0 Å². The van der Waals surface area contributed by atoms with Gasteiger partial charge >= 0.3 is 0 Å². The molecule has 0 fully saturated rings. The fraction of sp³-hybridized carbons (Fsp3) is 0.283. The van der Waals surface area contributed by atoms with Crippen LogP contribution < -0.4 is 0 Å². The fourth-order valence-corrected chi connectivity index (χ4v) is 7.85. The smallest absolute Gasteiger partial charge is 0.0900 e. The minimum absolute atomic E-state index is 0.0874. The number of unbranched alkanes of at least 4 members (excludes halogenated alkanes) is 6. The van der Waals surface area contributed by atoms with Gasteiger partial charge in [-0.15, -0.1) is 0 Å². The molecule has 0 saturated heterocycles. The Morgan fingerprint density at radius 3 is 1.53 bits per heavy atom. The highest BCUT2D eigenvalue weighted by atomic mass is 14.8. The van der Waals surface area contributed by atoms with E-state index in [1.54, 1.807) is 5.56 Å². The molecule has 0 unspecified atom stereocenters. The van der Waals surface area contributed by atoms with Gasteiger partial charge in [0.05, 0.1) is 22.8 Å². The lowest BCUT2D eigenvalue weighted by molar-refractivity contribution is 0.401. The molecule has 0 bridgehead atoms. The van der Waals surface area contributed by atoms with Crippen LogP contribution >= 0.6 is 0 Å². The normalized spacial score (nSPS) is 12.9. The van der Waals surface area contributed by atoms with Crippen LogP contribution in [0.4, 0.5) is 0 Å². The van der Waals surface area contributed by atoms with E-state index in [0.29, 0.717) is 0 Å². The van der Waals surface area contributed by atoms with Crippen molar-refractivity contribution in [2.24, 2.45) is 0 Å².